The Labute approximate surface area is 164 Å². The molecule has 0 aliphatic heterocycles. The molecule has 2 unspecified atom stereocenters. The fraction of sp³-hybridized carbons (Fsp3) is 0.571. The summed E-state index contributed by atoms with van der Waals surface area (Å²) >= 11 is 0. The van der Waals surface area contributed by atoms with Crippen LogP contribution in [0.25, 0.3) is 11.0 Å². The molecular formula is C21H27N5O2. The number of aromatic nitrogens is 2. The fourth-order valence-corrected chi connectivity index (χ4v) is 5.95. The van der Waals surface area contributed by atoms with E-state index in [-0.39, 0.29) is 11.9 Å². The molecule has 2 aromatic rings. The van der Waals surface area contributed by atoms with Gasteiger partial charge in [0.1, 0.15) is 5.65 Å². The second-order valence-electron chi connectivity index (χ2n) is 9.16. The molecule has 1 amide bonds. The number of fused-ring (bicyclic) bond motifs is 1. The van der Waals surface area contributed by atoms with Crippen LogP contribution in [0, 0.1) is 17.8 Å². The highest BCUT2D eigenvalue weighted by molar-refractivity contribution is 6.08. The smallest absolute Gasteiger partial charge is 0.282 e. The number of pyridine rings is 1. The summed E-state index contributed by atoms with van der Waals surface area (Å²) in [6.07, 6.45) is 10.0. The minimum Gasteiger partial charge on any atom is -0.390 e. The zero-order valence-corrected chi connectivity index (χ0v) is 16.4. The maximum Gasteiger partial charge on any atom is 0.282 e. The van der Waals surface area contributed by atoms with E-state index in [1.807, 2.05) is 26.4 Å². The summed E-state index contributed by atoms with van der Waals surface area (Å²) in [7, 11) is 3.67. The molecule has 7 heteroatoms. The van der Waals surface area contributed by atoms with Crippen molar-refractivity contribution in [3.05, 3.63) is 24.0 Å². The molecular weight excluding hydrogens is 354 g/mol. The molecule has 0 saturated heterocycles. The number of anilines is 1. The van der Waals surface area contributed by atoms with Crippen LogP contribution in [0.2, 0.25) is 0 Å². The first kappa shape index (κ1) is 17.7. The van der Waals surface area contributed by atoms with Gasteiger partial charge in [-0.25, -0.2) is 4.98 Å². The van der Waals surface area contributed by atoms with Crippen LogP contribution >= 0.6 is 0 Å². The number of rotatable bonds is 4. The summed E-state index contributed by atoms with van der Waals surface area (Å²) in [5.74, 6) is 1.25. The number of aromatic amines is 1. The Morgan fingerprint density at radius 3 is 2.79 bits per heavy atom. The van der Waals surface area contributed by atoms with Gasteiger partial charge in [-0.2, -0.15) is 4.99 Å². The fourth-order valence-electron chi connectivity index (χ4n) is 5.95. The van der Waals surface area contributed by atoms with Gasteiger partial charge in [0, 0.05) is 37.9 Å². The molecule has 4 aliphatic rings. The van der Waals surface area contributed by atoms with Crippen molar-refractivity contribution in [2.24, 2.45) is 22.7 Å². The van der Waals surface area contributed by atoms with E-state index in [1.54, 1.807) is 11.1 Å². The lowest BCUT2D eigenvalue weighted by Gasteiger charge is -2.58. The molecule has 2 aromatic heterocycles. The van der Waals surface area contributed by atoms with Crippen LogP contribution in [0.15, 0.2) is 23.5 Å². The summed E-state index contributed by atoms with van der Waals surface area (Å²) < 4.78 is 0. The monoisotopic (exact) mass is 381 g/mol. The Morgan fingerprint density at radius 2 is 2.11 bits per heavy atom. The lowest BCUT2D eigenvalue weighted by molar-refractivity contribution is -0.129. The van der Waals surface area contributed by atoms with Gasteiger partial charge < -0.3 is 20.3 Å². The molecule has 4 saturated carbocycles. The Morgan fingerprint density at radius 1 is 1.36 bits per heavy atom. The first-order chi connectivity index (χ1) is 13.4. The molecule has 4 fully saturated rings. The first-order valence-electron chi connectivity index (χ1n) is 10.1. The van der Waals surface area contributed by atoms with Gasteiger partial charge in [-0.05, 0) is 55.9 Å². The largest absolute Gasteiger partial charge is 0.390 e. The number of nitrogens with one attached hydrogen (secondary N) is 2. The van der Waals surface area contributed by atoms with Crippen molar-refractivity contribution in [3.63, 3.8) is 0 Å². The van der Waals surface area contributed by atoms with E-state index in [9.17, 15) is 9.90 Å². The summed E-state index contributed by atoms with van der Waals surface area (Å²) in [6.45, 7) is 0. The number of aliphatic imine (C=N–C) groups is 1. The highest BCUT2D eigenvalue weighted by Crippen LogP contribution is 2.56. The maximum absolute atomic E-state index is 12.8. The van der Waals surface area contributed by atoms with E-state index in [1.165, 1.54) is 19.2 Å². The molecule has 6 rings (SSSR count). The van der Waals surface area contributed by atoms with E-state index in [2.05, 4.69) is 20.3 Å². The number of hydrogen-bond donors (Lipinski definition) is 3. The third kappa shape index (κ3) is 2.89. The average molecular weight is 381 g/mol. The first-order valence-corrected chi connectivity index (χ1v) is 10.1. The minimum atomic E-state index is -0.467. The van der Waals surface area contributed by atoms with E-state index in [0.29, 0.717) is 23.3 Å². The number of H-pyrrole nitrogens is 1. The quantitative estimate of drug-likeness (QED) is 0.559. The Balaban J connectivity index is 1.51. The van der Waals surface area contributed by atoms with Gasteiger partial charge in [-0.3, -0.25) is 4.79 Å². The SMILES string of the molecule is CN(C)C=NC(=O)c1cnc2[nH]ccc2c1NC1C2CC3CC1CC(O)(C3)C2. The van der Waals surface area contributed by atoms with Crippen LogP contribution in [0.1, 0.15) is 42.5 Å². The Hall–Kier alpha value is -2.41. The maximum atomic E-state index is 12.8. The zero-order chi connectivity index (χ0) is 19.5. The molecule has 4 aliphatic carbocycles. The van der Waals surface area contributed by atoms with Crippen molar-refractivity contribution in [3.8, 4) is 0 Å². The van der Waals surface area contributed by atoms with Crippen molar-refractivity contribution in [1.29, 1.82) is 0 Å². The lowest BCUT2D eigenvalue weighted by Crippen LogP contribution is -2.59. The van der Waals surface area contributed by atoms with Gasteiger partial charge in [0.25, 0.3) is 5.91 Å². The predicted octanol–water partition coefficient (Wildman–Crippen LogP) is 2.64. The number of aliphatic hydroxyl groups is 1. The predicted molar refractivity (Wildman–Crippen MR) is 109 cm³/mol. The van der Waals surface area contributed by atoms with E-state index in [0.717, 1.165) is 36.0 Å². The van der Waals surface area contributed by atoms with Crippen LogP contribution in [0.5, 0.6) is 0 Å². The number of nitrogens with zero attached hydrogens (tertiary/aromatic N) is 3. The van der Waals surface area contributed by atoms with E-state index >= 15 is 0 Å². The summed E-state index contributed by atoms with van der Waals surface area (Å²) in [6, 6.07) is 2.24. The van der Waals surface area contributed by atoms with Crippen molar-refractivity contribution >= 4 is 29.0 Å². The molecule has 7 nitrogen and oxygen atoms in total. The van der Waals surface area contributed by atoms with Crippen LogP contribution < -0.4 is 5.32 Å². The molecule has 0 radical (unpaired) electrons. The van der Waals surface area contributed by atoms with E-state index < -0.39 is 5.60 Å². The summed E-state index contributed by atoms with van der Waals surface area (Å²) in [5.41, 5.74) is 1.61. The molecule has 4 bridgehead atoms. The lowest BCUT2D eigenvalue weighted by atomic mass is 9.52. The van der Waals surface area contributed by atoms with Gasteiger partial charge in [0.2, 0.25) is 0 Å². The van der Waals surface area contributed by atoms with Gasteiger partial charge in [-0.1, -0.05) is 0 Å². The Kier molecular flexibility index (Phi) is 3.98. The second kappa shape index (κ2) is 6.30. The number of carbonyl (C=O) groups is 1. The van der Waals surface area contributed by atoms with Crippen LogP contribution in [0.3, 0.4) is 0 Å². The molecule has 3 N–H and O–H groups in total. The number of hydrogen-bond acceptors (Lipinski definition) is 4. The third-order valence-corrected chi connectivity index (χ3v) is 6.77. The van der Waals surface area contributed by atoms with Gasteiger partial charge in [-0.15, -0.1) is 0 Å². The number of carbonyl (C=O) groups excluding carboxylic acids is 1. The molecule has 28 heavy (non-hydrogen) atoms. The minimum absolute atomic E-state index is 0.279. The summed E-state index contributed by atoms with van der Waals surface area (Å²) in [5, 5.41) is 15.5. The molecule has 2 atom stereocenters. The van der Waals surface area contributed by atoms with Crippen molar-refractivity contribution in [1.82, 2.24) is 14.9 Å². The van der Waals surface area contributed by atoms with Gasteiger partial charge >= 0.3 is 0 Å². The average Bonchev–Trinajstić information content (AvgIpc) is 3.10. The van der Waals surface area contributed by atoms with Gasteiger partial charge in [0.05, 0.1) is 23.2 Å². The second-order valence-corrected chi connectivity index (χ2v) is 9.16. The Bertz CT molecular complexity index is 933. The van der Waals surface area contributed by atoms with Gasteiger partial charge in [0.15, 0.2) is 0 Å². The molecule has 0 aromatic carbocycles. The third-order valence-electron chi connectivity index (χ3n) is 6.77. The van der Waals surface area contributed by atoms with Crippen LogP contribution in [0.4, 0.5) is 5.69 Å². The van der Waals surface area contributed by atoms with Crippen LogP contribution in [-0.4, -0.2) is 58.0 Å². The number of amides is 1. The normalized spacial score (nSPS) is 33.7. The van der Waals surface area contributed by atoms with Crippen LogP contribution in [-0.2, 0) is 0 Å². The highest BCUT2D eigenvalue weighted by Gasteiger charge is 2.54. The molecule has 0 spiro atoms. The van der Waals surface area contributed by atoms with Crippen molar-refractivity contribution < 1.29 is 9.90 Å². The van der Waals surface area contributed by atoms with E-state index in [4.69, 9.17) is 0 Å². The highest BCUT2D eigenvalue weighted by atomic mass is 16.3. The standard InChI is InChI=1S/C21H27N5O2/c1-26(2)11-24-20(27)16-10-23-19-15(3-4-22-19)18(16)25-17-13-5-12-6-14(17)9-21(28,7-12)8-13/h3-4,10-14,17,28H,5-9H2,1-2H3,(H2,22,23,25). The van der Waals surface area contributed by atoms with Crippen molar-refractivity contribution in [2.45, 2.75) is 43.7 Å². The topological polar surface area (TPSA) is 93.6 Å². The molecule has 2 heterocycles. The summed E-state index contributed by atoms with van der Waals surface area (Å²) in [4.78, 5) is 26.1. The van der Waals surface area contributed by atoms with Crippen molar-refractivity contribution in [2.75, 3.05) is 19.4 Å². The zero-order valence-electron chi connectivity index (χ0n) is 16.4. The molecule has 148 valence electrons.